The fraction of sp³-hybridized carbons (Fsp3) is 0.364. The van der Waals surface area contributed by atoms with E-state index in [0.717, 1.165) is 12.8 Å². The molecule has 2 aromatic rings. The second kappa shape index (κ2) is 9.88. The van der Waals surface area contributed by atoms with Crippen LogP contribution in [0.2, 0.25) is 0 Å². The minimum absolute atomic E-state index is 0.0502. The summed E-state index contributed by atoms with van der Waals surface area (Å²) in [5.74, 6) is 0.0245. The first-order valence-electron chi connectivity index (χ1n) is 9.57. The number of hydrogen-bond donors (Lipinski definition) is 1. The van der Waals surface area contributed by atoms with E-state index in [0.29, 0.717) is 32.7 Å². The van der Waals surface area contributed by atoms with Gasteiger partial charge in [0.15, 0.2) is 0 Å². The molecule has 0 spiro atoms. The standard InChI is InChI=1S/C16H20N2O3.C6H5F/c19-15-9-12(5-7-17-15)11-21-16(20)18-8-6-13-3-1-2-4-14(13)10-18;7-6-4-2-1-3-5-6/h1-4,12H,5-11H2,(H,17,19);1-5H. The van der Waals surface area contributed by atoms with Crippen LogP contribution in [0.15, 0.2) is 54.6 Å². The molecule has 0 bridgehead atoms. The number of amides is 2. The normalized spacial score (nSPS) is 18.2. The van der Waals surface area contributed by atoms with Gasteiger partial charge in [-0.05, 0) is 36.1 Å². The summed E-state index contributed by atoms with van der Waals surface area (Å²) >= 11 is 0. The van der Waals surface area contributed by atoms with Crippen molar-refractivity contribution in [2.45, 2.75) is 25.8 Å². The molecule has 1 N–H and O–H groups in total. The lowest BCUT2D eigenvalue weighted by molar-refractivity contribution is -0.124. The van der Waals surface area contributed by atoms with Gasteiger partial charge in [-0.25, -0.2) is 9.18 Å². The predicted octanol–water partition coefficient (Wildman–Crippen LogP) is 3.53. The highest BCUT2D eigenvalue weighted by Gasteiger charge is 2.24. The molecule has 0 aliphatic carbocycles. The van der Waals surface area contributed by atoms with E-state index in [1.54, 1.807) is 23.1 Å². The number of ether oxygens (including phenoxy) is 1. The Morgan fingerprint density at radius 1 is 1.11 bits per heavy atom. The summed E-state index contributed by atoms with van der Waals surface area (Å²) < 4.78 is 17.3. The zero-order valence-corrected chi connectivity index (χ0v) is 15.8. The van der Waals surface area contributed by atoms with E-state index in [-0.39, 0.29) is 23.7 Å². The highest BCUT2D eigenvalue weighted by molar-refractivity contribution is 5.77. The topological polar surface area (TPSA) is 58.6 Å². The molecule has 2 aliphatic heterocycles. The van der Waals surface area contributed by atoms with Crippen LogP contribution in [0.1, 0.15) is 24.0 Å². The molecule has 5 nitrogen and oxygen atoms in total. The number of nitrogens with one attached hydrogen (secondary N) is 1. The van der Waals surface area contributed by atoms with Crippen LogP contribution >= 0.6 is 0 Å². The number of hydrogen-bond acceptors (Lipinski definition) is 3. The molecule has 148 valence electrons. The molecule has 1 unspecified atom stereocenters. The first-order chi connectivity index (χ1) is 13.6. The molecule has 1 fully saturated rings. The van der Waals surface area contributed by atoms with Gasteiger partial charge in [0.05, 0.1) is 6.61 Å². The summed E-state index contributed by atoms with van der Waals surface area (Å²) in [4.78, 5) is 25.2. The number of carbonyl (C=O) groups is 2. The fourth-order valence-corrected chi connectivity index (χ4v) is 3.34. The summed E-state index contributed by atoms with van der Waals surface area (Å²) in [5, 5.41) is 2.78. The van der Waals surface area contributed by atoms with Crippen molar-refractivity contribution in [2.75, 3.05) is 19.7 Å². The van der Waals surface area contributed by atoms with Crippen LogP contribution in [0.25, 0.3) is 0 Å². The summed E-state index contributed by atoms with van der Waals surface area (Å²) in [6.07, 6.45) is 1.94. The molecule has 0 saturated carbocycles. The van der Waals surface area contributed by atoms with Gasteiger partial charge in [-0.2, -0.15) is 0 Å². The Morgan fingerprint density at radius 3 is 2.50 bits per heavy atom. The van der Waals surface area contributed by atoms with Crippen LogP contribution in [-0.4, -0.2) is 36.6 Å². The van der Waals surface area contributed by atoms with Crippen molar-refractivity contribution >= 4 is 12.0 Å². The quantitative estimate of drug-likeness (QED) is 0.862. The molecule has 1 saturated heterocycles. The van der Waals surface area contributed by atoms with Crippen molar-refractivity contribution in [3.8, 4) is 0 Å². The zero-order chi connectivity index (χ0) is 19.8. The molecule has 0 aromatic heterocycles. The van der Waals surface area contributed by atoms with Gasteiger partial charge in [-0.1, -0.05) is 42.5 Å². The average molecular weight is 384 g/mol. The Labute approximate surface area is 164 Å². The molecule has 4 rings (SSSR count). The van der Waals surface area contributed by atoms with Gasteiger partial charge in [-0.15, -0.1) is 0 Å². The van der Waals surface area contributed by atoms with Gasteiger partial charge in [0.2, 0.25) is 5.91 Å². The van der Waals surface area contributed by atoms with Crippen molar-refractivity contribution < 1.29 is 18.7 Å². The predicted molar refractivity (Wildman–Crippen MR) is 104 cm³/mol. The van der Waals surface area contributed by atoms with E-state index in [2.05, 4.69) is 17.4 Å². The van der Waals surface area contributed by atoms with E-state index in [4.69, 9.17) is 4.74 Å². The third-order valence-electron chi connectivity index (χ3n) is 4.91. The molecule has 6 heteroatoms. The maximum Gasteiger partial charge on any atom is 0.410 e. The van der Waals surface area contributed by atoms with Crippen molar-refractivity contribution in [1.29, 1.82) is 0 Å². The van der Waals surface area contributed by atoms with Gasteiger partial charge in [0.1, 0.15) is 5.82 Å². The Kier molecular flexibility index (Phi) is 7.00. The minimum atomic E-state index is -0.268. The number of fused-ring (bicyclic) bond motifs is 1. The maximum absolute atomic E-state index is 12.1. The summed E-state index contributed by atoms with van der Waals surface area (Å²) in [6, 6.07) is 16.1. The van der Waals surface area contributed by atoms with Crippen molar-refractivity contribution in [3.05, 3.63) is 71.5 Å². The maximum atomic E-state index is 12.1. The van der Waals surface area contributed by atoms with E-state index >= 15 is 0 Å². The van der Waals surface area contributed by atoms with Gasteiger partial charge in [0.25, 0.3) is 0 Å². The number of nitrogens with zero attached hydrogens (tertiary/aromatic N) is 1. The third-order valence-corrected chi connectivity index (χ3v) is 4.91. The zero-order valence-electron chi connectivity index (χ0n) is 15.8. The number of rotatable bonds is 2. The van der Waals surface area contributed by atoms with E-state index in [9.17, 15) is 14.0 Å². The first-order valence-corrected chi connectivity index (χ1v) is 9.57. The smallest absolute Gasteiger partial charge is 0.410 e. The summed E-state index contributed by atoms with van der Waals surface area (Å²) in [7, 11) is 0. The lowest BCUT2D eigenvalue weighted by Crippen LogP contribution is -2.39. The van der Waals surface area contributed by atoms with Gasteiger partial charge in [0, 0.05) is 32.0 Å². The van der Waals surface area contributed by atoms with Crippen LogP contribution in [0, 0.1) is 11.7 Å². The average Bonchev–Trinajstić information content (AvgIpc) is 2.73. The number of carbonyl (C=O) groups excluding carboxylic acids is 2. The molecular formula is C22H25FN2O3. The van der Waals surface area contributed by atoms with Gasteiger partial charge in [-0.3, -0.25) is 4.79 Å². The Morgan fingerprint density at radius 2 is 1.82 bits per heavy atom. The minimum Gasteiger partial charge on any atom is -0.449 e. The highest BCUT2D eigenvalue weighted by atomic mass is 19.1. The lowest BCUT2D eigenvalue weighted by Gasteiger charge is -2.29. The molecule has 0 radical (unpaired) electrons. The van der Waals surface area contributed by atoms with Crippen molar-refractivity contribution in [3.63, 3.8) is 0 Å². The van der Waals surface area contributed by atoms with E-state index < -0.39 is 0 Å². The summed E-state index contributed by atoms with van der Waals surface area (Å²) in [5.41, 5.74) is 2.50. The largest absolute Gasteiger partial charge is 0.449 e. The van der Waals surface area contributed by atoms with Crippen LogP contribution in [0.3, 0.4) is 0 Å². The monoisotopic (exact) mass is 384 g/mol. The highest BCUT2D eigenvalue weighted by Crippen LogP contribution is 2.20. The Bertz CT molecular complexity index is 797. The number of benzene rings is 2. The molecular weight excluding hydrogens is 359 g/mol. The van der Waals surface area contributed by atoms with E-state index in [1.807, 2.05) is 12.1 Å². The van der Waals surface area contributed by atoms with Gasteiger partial charge < -0.3 is 15.0 Å². The van der Waals surface area contributed by atoms with Crippen LogP contribution in [-0.2, 0) is 22.5 Å². The second-order valence-corrected chi connectivity index (χ2v) is 7.02. The van der Waals surface area contributed by atoms with E-state index in [1.165, 1.54) is 23.3 Å². The molecule has 2 aromatic carbocycles. The van der Waals surface area contributed by atoms with Crippen LogP contribution < -0.4 is 5.32 Å². The number of piperidine rings is 1. The third kappa shape index (κ3) is 5.81. The Balaban J connectivity index is 0.000000271. The molecule has 2 heterocycles. The molecule has 2 amide bonds. The Hall–Kier alpha value is -2.89. The van der Waals surface area contributed by atoms with Crippen molar-refractivity contribution in [1.82, 2.24) is 10.2 Å². The molecule has 1 atom stereocenters. The second-order valence-electron chi connectivity index (χ2n) is 7.02. The SMILES string of the molecule is Fc1ccccc1.O=C1CC(COC(=O)N2CCc3ccccc3C2)CCN1. The molecule has 28 heavy (non-hydrogen) atoms. The summed E-state index contributed by atoms with van der Waals surface area (Å²) in [6.45, 7) is 2.32. The lowest BCUT2D eigenvalue weighted by atomic mass is 9.99. The van der Waals surface area contributed by atoms with Gasteiger partial charge >= 0.3 is 6.09 Å². The molecule has 2 aliphatic rings. The van der Waals surface area contributed by atoms with Crippen LogP contribution in [0.5, 0.6) is 0 Å². The van der Waals surface area contributed by atoms with Crippen molar-refractivity contribution in [2.24, 2.45) is 5.92 Å². The number of halogens is 1. The first kappa shape index (κ1) is 19.9. The van der Waals surface area contributed by atoms with Crippen LogP contribution in [0.4, 0.5) is 9.18 Å². The fourth-order valence-electron chi connectivity index (χ4n) is 3.34.